The number of hydrogen-bond donors (Lipinski definition) is 1. The van der Waals surface area contributed by atoms with Crippen molar-refractivity contribution in [2.75, 3.05) is 13.3 Å². The highest BCUT2D eigenvalue weighted by Crippen LogP contribution is 2.22. The van der Waals surface area contributed by atoms with Gasteiger partial charge in [0.25, 0.3) is 0 Å². The number of amides is 1. The van der Waals surface area contributed by atoms with Gasteiger partial charge >= 0.3 is 0 Å². The third-order valence-electron chi connectivity index (χ3n) is 3.62. The van der Waals surface area contributed by atoms with Crippen LogP contribution in [0, 0.1) is 5.92 Å². The molecule has 0 radical (unpaired) electrons. The van der Waals surface area contributed by atoms with Gasteiger partial charge in [-0.15, -0.1) is 0 Å². The van der Waals surface area contributed by atoms with E-state index in [4.69, 9.17) is 0 Å². The fourth-order valence-electron chi connectivity index (χ4n) is 1.82. The van der Waals surface area contributed by atoms with Crippen LogP contribution < -0.4 is 5.32 Å². The third-order valence-corrected chi connectivity index (χ3v) is 4.88. The van der Waals surface area contributed by atoms with E-state index in [1.165, 1.54) is 7.05 Å². The summed E-state index contributed by atoms with van der Waals surface area (Å²) in [4.78, 5) is 12.5. The molecule has 0 heterocycles. The van der Waals surface area contributed by atoms with Crippen LogP contribution in [0.3, 0.4) is 0 Å². The minimum atomic E-state index is -3.48. The molecule has 1 amide bonds. The van der Waals surface area contributed by atoms with Crippen LogP contribution in [0.1, 0.15) is 32.4 Å². The summed E-state index contributed by atoms with van der Waals surface area (Å²) in [6, 6.07) is 8.03. The van der Waals surface area contributed by atoms with E-state index in [1.54, 1.807) is 24.3 Å². The zero-order valence-electron chi connectivity index (χ0n) is 13.2. The van der Waals surface area contributed by atoms with E-state index >= 15 is 0 Å². The number of hydrogen-bond acceptors (Lipinski definition) is 3. The predicted octanol–water partition coefficient (Wildman–Crippen LogP) is 1.78. The molecule has 0 aliphatic rings. The second-order valence-electron chi connectivity index (χ2n) is 5.63. The Labute approximate surface area is 127 Å². The van der Waals surface area contributed by atoms with Crippen LogP contribution in [0.15, 0.2) is 30.3 Å². The van der Waals surface area contributed by atoms with E-state index in [-0.39, 0.29) is 17.9 Å². The van der Waals surface area contributed by atoms with Gasteiger partial charge in [-0.05, 0) is 18.4 Å². The number of carbonyl (C=O) groups is 1. The Kier molecular flexibility index (Phi) is 5.92. The highest BCUT2D eigenvalue weighted by Gasteiger charge is 2.31. The molecule has 1 aromatic rings. The number of rotatable bonds is 6. The molecule has 0 aromatic heterocycles. The van der Waals surface area contributed by atoms with Crippen molar-refractivity contribution in [3.63, 3.8) is 0 Å². The van der Waals surface area contributed by atoms with Crippen molar-refractivity contribution < 1.29 is 13.2 Å². The fourth-order valence-corrected chi connectivity index (χ4v) is 2.42. The van der Waals surface area contributed by atoms with Gasteiger partial charge in [0.15, 0.2) is 0 Å². The van der Waals surface area contributed by atoms with Crippen molar-refractivity contribution in [1.29, 1.82) is 0 Å². The Bertz CT molecular complexity index is 570. The summed E-state index contributed by atoms with van der Waals surface area (Å²) in [5.74, 6) is -0.0377. The lowest BCUT2D eigenvalue weighted by Crippen LogP contribution is -2.45. The van der Waals surface area contributed by atoms with Gasteiger partial charge in [-0.25, -0.2) is 8.42 Å². The average Bonchev–Trinajstić information content (AvgIpc) is 2.38. The minimum Gasteiger partial charge on any atom is -0.352 e. The summed E-state index contributed by atoms with van der Waals surface area (Å²) in [5, 5.41) is 2.89. The van der Waals surface area contributed by atoms with E-state index < -0.39 is 16.1 Å². The molecule has 1 aromatic carbocycles. The van der Waals surface area contributed by atoms with Crippen molar-refractivity contribution in [1.82, 2.24) is 9.62 Å². The van der Waals surface area contributed by atoms with E-state index in [9.17, 15) is 13.2 Å². The van der Waals surface area contributed by atoms with Crippen LogP contribution in [-0.2, 0) is 14.8 Å². The van der Waals surface area contributed by atoms with Gasteiger partial charge in [0, 0.05) is 13.1 Å². The van der Waals surface area contributed by atoms with Gasteiger partial charge in [0.1, 0.15) is 6.04 Å². The zero-order chi connectivity index (χ0) is 16.2. The number of nitrogens with zero attached hydrogens (tertiary/aromatic N) is 1. The molecule has 5 nitrogen and oxygen atoms in total. The molecule has 2 unspecified atom stereocenters. The second kappa shape index (κ2) is 7.04. The standard InChI is InChI=1S/C15H24N2O3S/c1-11(2)12(3)16-15(18)14(17(4)21(5,19)20)13-9-7-6-8-10-13/h6-12,14H,1-5H3,(H,16,18). The van der Waals surface area contributed by atoms with Gasteiger partial charge in [0.2, 0.25) is 15.9 Å². The van der Waals surface area contributed by atoms with Crippen molar-refractivity contribution in [2.45, 2.75) is 32.9 Å². The Morgan fingerprint density at radius 2 is 1.67 bits per heavy atom. The number of likely N-dealkylation sites (N-methyl/N-ethyl adjacent to an activating group) is 1. The van der Waals surface area contributed by atoms with E-state index in [1.807, 2.05) is 26.8 Å². The van der Waals surface area contributed by atoms with Gasteiger partial charge in [-0.3, -0.25) is 4.79 Å². The van der Waals surface area contributed by atoms with E-state index in [0.717, 1.165) is 10.6 Å². The summed E-state index contributed by atoms with van der Waals surface area (Å²) in [6.45, 7) is 5.91. The smallest absolute Gasteiger partial charge is 0.243 e. The minimum absolute atomic E-state index is 0.0309. The van der Waals surface area contributed by atoms with Gasteiger partial charge in [0.05, 0.1) is 6.26 Å². The molecule has 118 valence electrons. The van der Waals surface area contributed by atoms with Crippen LogP contribution >= 0.6 is 0 Å². The lowest BCUT2D eigenvalue weighted by molar-refractivity contribution is -0.125. The molecule has 0 aliphatic heterocycles. The monoisotopic (exact) mass is 312 g/mol. The Morgan fingerprint density at radius 1 is 1.14 bits per heavy atom. The van der Waals surface area contributed by atoms with Crippen LogP contribution in [-0.4, -0.2) is 38.0 Å². The van der Waals surface area contributed by atoms with Crippen molar-refractivity contribution in [3.05, 3.63) is 35.9 Å². The maximum Gasteiger partial charge on any atom is 0.243 e. The lowest BCUT2D eigenvalue weighted by atomic mass is 10.0. The second-order valence-corrected chi connectivity index (χ2v) is 7.68. The summed E-state index contributed by atoms with van der Waals surface area (Å²) >= 11 is 0. The molecule has 0 spiro atoms. The van der Waals surface area contributed by atoms with Crippen molar-refractivity contribution in [2.24, 2.45) is 5.92 Å². The normalized spacial score (nSPS) is 15.0. The Balaban J connectivity index is 3.12. The van der Waals surface area contributed by atoms with Crippen LogP contribution in [0.25, 0.3) is 0 Å². The molecule has 0 saturated heterocycles. The van der Waals surface area contributed by atoms with Crippen LogP contribution in [0.4, 0.5) is 0 Å². The molecule has 0 fully saturated rings. The topological polar surface area (TPSA) is 66.5 Å². The molecule has 1 rings (SSSR count). The molecule has 0 aliphatic carbocycles. The SMILES string of the molecule is CC(C)C(C)NC(=O)C(c1ccccc1)N(C)S(C)(=O)=O. The van der Waals surface area contributed by atoms with E-state index in [2.05, 4.69) is 5.32 Å². The summed E-state index contributed by atoms with van der Waals surface area (Å²) in [6.07, 6.45) is 1.10. The molecule has 2 atom stereocenters. The highest BCUT2D eigenvalue weighted by molar-refractivity contribution is 7.88. The van der Waals surface area contributed by atoms with Gasteiger partial charge < -0.3 is 5.32 Å². The van der Waals surface area contributed by atoms with E-state index in [0.29, 0.717) is 5.56 Å². The molecular weight excluding hydrogens is 288 g/mol. The summed E-state index contributed by atoms with van der Waals surface area (Å²) in [5.41, 5.74) is 0.652. The van der Waals surface area contributed by atoms with Crippen LogP contribution in [0.2, 0.25) is 0 Å². The number of sulfonamides is 1. The third kappa shape index (κ3) is 4.82. The lowest BCUT2D eigenvalue weighted by Gasteiger charge is -2.28. The quantitative estimate of drug-likeness (QED) is 0.870. The summed E-state index contributed by atoms with van der Waals surface area (Å²) in [7, 11) is -2.06. The van der Waals surface area contributed by atoms with Gasteiger partial charge in [-0.2, -0.15) is 4.31 Å². The fraction of sp³-hybridized carbons (Fsp3) is 0.533. The molecular formula is C15H24N2O3S. The predicted molar refractivity (Wildman–Crippen MR) is 84.2 cm³/mol. The molecule has 6 heteroatoms. The largest absolute Gasteiger partial charge is 0.352 e. The Hall–Kier alpha value is -1.40. The maximum atomic E-state index is 12.5. The average molecular weight is 312 g/mol. The first-order valence-electron chi connectivity index (χ1n) is 6.93. The van der Waals surface area contributed by atoms with Crippen molar-refractivity contribution in [3.8, 4) is 0 Å². The number of nitrogens with one attached hydrogen (secondary N) is 1. The van der Waals surface area contributed by atoms with Gasteiger partial charge in [-0.1, -0.05) is 44.2 Å². The van der Waals surface area contributed by atoms with Crippen LogP contribution in [0.5, 0.6) is 0 Å². The first kappa shape index (κ1) is 17.7. The molecule has 21 heavy (non-hydrogen) atoms. The summed E-state index contributed by atoms with van der Waals surface area (Å²) < 4.78 is 24.7. The molecule has 0 saturated carbocycles. The van der Waals surface area contributed by atoms with Crippen molar-refractivity contribution >= 4 is 15.9 Å². The number of carbonyl (C=O) groups excluding carboxylic acids is 1. The highest BCUT2D eigenvalue weighted by atomic mass is 32.2. The Morgan fingerprint density at radius 3 is 2.10 bits per heavy atom. The first-order valence-corrected chi connectivity index (χ1v) is 8.77. The number of benzene rings is 1. The maximum absolute atomic E-state index is 12.5. The molecule has 0 bridgehead atoms. The first-order chi connectivity index (χ1) is 9.64. The zero-order valence-corrected chi connectivity index (χ0v) is 14.0. The molecule has 1 N–H and O–H groups in total.